The lowest BCUT2D eigenvalue weighted by molar-refractivity contribution is -0.387. The lowest BCUT2D eigenvalue weighted by Gasteiger charge is -2.18. The fraction of sp³-hybridized carbons (Fsp3) is 0.294. The Hall–Kier alpha value is -2.65. The predicted molar refractivity (Wildman–Crippen MR) is 95.9 cm³/mol. The summed E-state index contributed by atoms with van der Waals surface area (Å²) in [5, 5.41) is 11.1. The van der Waals surface area contributed by atoms with Crippen molar-refractivity contribution in [1.82, 2.24) is 4.31 Å². The van der Waals surface area contributed by atoms with Gasteiger partial charge in [-0.3, -0.25) is 10.1 Å². The van der Waals surface area contributed by atoms with Crippen molar-refractivity contribution < 1.29 is 22.8 Å². The van der Waals surface area contributed by atoms with E-state index in [0.29, 0.717) is 23.7 Å². The summed E-state index contributed by atoms with van der Waals surface area (Å²) in [5.74, 6) is 1.05. The number of para-hydroxylation sites is 1. The highest BCUT2D eigenvalue weighted by atomic mass is 32.2. The van der Waals surface area contributed by atoms with Gasteiger partial charge >= 0.3 is 0 Å². The van der Waals surface area contributed by atoms with Crippen LogP contribution >= 0.6 is 0 Å². The number of benzene rings is 2. The molecule has 26 heavy (non-hydrogen) atoms. The monoisotopic (exact) mass is 380 g/mol. The number of rotatable bonds is 8. The van der Waals surface area contributed by atoms with E-state index >= 15 is 0 Å². The van der Waals surface area contributed by atoms with E-state index in [-0.39, 0.29) is 11.4 Å². The minimum absolute atomic E-state index is 0.0249. The molecular formula is C17H20N2O6S. The summed E-state index contributed by atoms with van der Waals surface area (Å²) in [6.45, 7) is 2.35. The standard InChI is InChI=1S/C17H20N2O6S/c1-4-25-15-10-9-13(11-16(15)24-3)12-18(2)26(22,23)17-8-6-5-7-14(17)19(20)21/h5-11H,4,12H2,1-3H3. The number of sulfonamides is 1. The van der Waals surface area contributed by atoms with Gasteiger partial charge in [0, 0.05) is 19.7 Å². The SMILES string of the molecule is CCOc1ccc(CN(C)S(=O)(=O)c2ccccc2[N+](=O)[O-])cc1OC. The fourth-order valence-corrected chi connectivity index (χ4v) is 3.73. The van der Waals surface area contributed by atoms with Crippen LogP contribution in [0.25, 0.3) is 0 Å². The summed E-state index contributed by atoms with van der Waals surface area (Å²) in [7, 11) is -1.17. The van der Waals surface area contributed by atoms with Crippen molar-refractivity contribution in [2.75, 3.05) is 20.8 Å². The molecule has 0 spiro atoms. The summed E-state index contributed by atoms with van der Waals surface area (Å²) in [6, 6.07) is 10.4. The highest BCUT2D eigenvalue weighted by molar-refractivity contribution is 7.89. The molecule has 0 unspecified atom stereocenters. The number of hydrogen-bond donors (Lipinski definition) is 0. The van der Waals surface area contributed by atoms with Crippen LogP contribution in [-0.2, 0) is 16.6 Å². The van der Waals surface area contributed by atoms with Crippen molar-refractivity contribution in [3.8, 4) is 11.5 Å². The molecule has 2 rings (SSSR count). The number of ether oxygens (including phenoxy) is 2. The molecule has 0 radical (unpaired) electrons. The van der Waals surface area contributed by atoms with E-state index in [1.165, 1.54) is 38.4 Å². The van der Waals surface area contributed by atoms with Gasteiger partial charge in [-0.15, -0.1) is 0 Å². The van der Waals surface area contributed by atoms with Crippen molar-refractivity contribution in [3.63, 3.8) is 0 Å². The van der Waals surface area contributed by atoms with Crippen LogP contribution in [-0.4, -0.2) is 38.4 Å². The molecule has 0 N–H and O–H groups in total. The Morgan fingerprint density at radius 2 is 1.85 bits per heavy atom. The maximum absolute atomic E-state index is 12.8. The third-order valence-corrected chi connectivity index (χ3v) is 5.53. The van der Waals surface area contributed by atoms with Crippen LogP contribution in [0.1, 0.15) is 12.5 Å². The van der Waals surface area contributed by atoms with Gasteiger partial charge in [0.25, 0.3) is 5.69 Å². The van der Waals surface area contributed by atoms with Gasteiger partial charge in [-0.05, 0) is 30.7 Å². The quantitative estimate of drug-likeness (QED) is 0.516. The molecular weight excluding hydrogens is 360 g/mol. The van der Waals surface area contributed by atoms with Gasteiger partial charge < -0.3 is 9.47 Å². The minimum atomic E-state index is -4.03. The van der Waals surface area contributed by atoms with Gasteiger partial charge in [-0.2, -0.15) is 4.31 Å². The first kappa shape index (κ1) is 19.7. The van der Waals surface area contributed by atoms with Crippen molar-refractivity contribution in [2.24, 2.45) is 0 Å². The molecule has 0 atom stereocenters. The van der Waals surface area contributed by atoms with E-state index in [9.17, 15) is 18.5 Å². The van der Waals surface area contributed by atoms with Gasteiger partial charge in [0.1, 0.15) is 0 Å². The lowest BCUT2D eigenvalue weighted by Crippen LogP contribution is -2.27. The van der Waals surface area contributed by atoms with Gasteiger partial charge in [0.15, 0.2) is 16.4 Å². The van der Waals surface area contributed by atoms with E-state index in [4.69, 9.17) is 9.47 Å². The Labute approximate surface area is 152 Å². The molecule has 0 saturated carbocycles. The largest absolute Gasteiger partial charge is 0.493 e. The second-order valence-electron chi connectivity index (χ2n) is 5.40. The smallest absolute Gasteiger partial charge is 0.289 e. The highest BCUT2D eigenvalue weighted by Crippen LogP contribution is 2.30. The van der Waals surface area contributed by atoms with E-state index < -0.39 is 20.6 Å². The molecule has 140 valence electrons. The van der Waals surface area contributed by atoms with Gasteiger partial charge in [-0.25, -0.2) is 8.42 Å². The maximum Gasteiger partial charge on any atom is 0.289 e. The zero-order valence-electron chi connectivity index (χ0n) is 14.7. The Balaban J connectivity index is 2.32. The number of nitrogens with zero attached hydrogens (tertiary/aromatic N) is 2. The lowest BCUT2D eigenvalue weighted by atomic mass is 10.2. The van der Waals surface area contributed by atoms with Crippen LogP contribution in [0, 0.1) is 10.1 Å². The number of methoxy groups -OCH3 is 1. The number of nitro groups is 1. The Kier molecular flexibility index (Phi) is 6.17. The summed E-state index contributed by atoms with van der Waals surface area (Å²) in [6.07, 6.45) is 0. The van der Waals surface area contributed by atoms with Crippen molar-refractivity contribution >= 4 is 15.7 Å². The molecule has 0 bridgehead atoms. The first-order chi connectivity index (χ1) is 12.3. The molecule has 9 heteroatoms. The van der Waals surface area contributed by atoms with Crippen molar-refractivity contribution in [1.29, 1.82) is 0 Å². The van der Waals surface area contributed by atoms with E-state index in [2.05, 4.69) is 0 Å². The molecule has 0 aromatic heterocycles. The zero-order chi connectivity index (χ0) is 19.3. The predicted octanol–water partition coefficient (Wildman–Crippen LogP) is 2.82. The molecule has 0 aliphatic heterocycles. The number of nitro benzene ring substituents is 1. The van der Waals surface area contributed by atoms with E-state index in [1.54, 1.807) is 18.2 Å². The average Bonchev–Trinajstić information content (AvgIpc) is 2.63. The molecule has 0 saturated heterocycles. The van der Waals surface area contributed by atoms with Crippen LogP contribution in [0.4, 0.5) is 5.69 Å². The third kappa shape index (κ3) is 4.12. The Morgan fingerprint density at radius 1 is 1.15 bits per heavy atom. The molecule has 0 heterocycles. The fourth-order valence-electron chi connectivity index (χ4n) is 2.42. The second-order valence-corrected chi connectivity index (χ2v) is 7.42. The second kappa shape index (κ2) is 8.15. The first-order valence-electron chi connectivity index (χ1n) is 7.80. The molecule has 0 fully saturated rings. The summed E-state index contributed by atoms with van der Waals surface area (Å²) in [5.41, 5.74) is 0.207. The molecule has 2 aromatic carbocycles. The summed E-state index contributed by atoms with van der Waals surface area (Å²) < 4.78 is 37.3. The van der Waals surface area contributed by atoms with Crippen molar-refractivity contribution in [2.45, 2.75) is 18.4 Å². The zero-order valence-corrected chi connectivity index (χ0v) is 15.5. The molecule has 2 aromatic rings. The van der Waals surface area contributed by atoms with E-state index in [1.807, 2.05) is 6.92 Å². The first-order valence-corrected chi connectivity index (χ1v) is 9.24. The van der Waals surface area contributed by atoms with Crippen molar-refractivity contribution in [3.05, 3.63) is 58.1 Å². The maximum atomic E-state index is 12.8. The average molecular weight is 380 g/mol. The molecule has 0 aliphatic carbocycles. The van der Waals surface area contributed by atoms with E-state index in [0.717, 1.165) is 4.31 Å². The van der Waals surface area contributed by atoms with Crippen LogP contribution in [0.5, 0.6) is 11.5 Å². The molecule has 0 aliphatic rings. The Bertz CT molecular complexity index is 898. The summed E-state index contributed by atoms with van der Waals surface area (Å²) in [4.78, 5) is 10.1. The van der Waals surface area contributed by atoms with Crippen LogP contribution in [0.3, 0.4) is 0 Å². The van der Waals surface area contributed by atoms with Gasteiger partial charge in [0.05, 0.1) is 18.6 Å². The van der Waals surface area contributed by atoms with Crippen LogP contribution in [0.2, 0.25) is 0 Å². The van der Waals surface area contributed by atoms with Crippen LogP contribution < -0.4 is 9.47 Å². The van der Waals surface area contributed by atoms with Gasteiger partial charge in [-0.1, -0.05) is 18.2 Å². The number of hydrogen-bond acceptors (Lipinski definition) is 6. The van der Waals surface area contributed by atoms with Gasteiger partial charge in [0.2, 0.25) is 10.0 Å². The normalized spacial score (nSPS) is 11.4. The minimum Gasteiger partial charge on any atom is -0.493 e. The third-order valence-electron chi connectivity index (χ3n) is 3.68. The van der Waals surface area contributed by atoms with Crippen LogP contribution in [0.15, 0.2) is 47.4 Å². The molecule has 0 amide bonds. The highest BCUT2D eigenvalue weighted by Gasteiger charge is 2.29. The Morgan fingerprint density at radius 3 is 2.46 bits per heavy atom. The summed E-state index contributed by atoms with van der Waals surface area (Å²) >= 11 is 0. The molecule has 8 nitrogen and oxygen atoms in total. The topological polar surface area (TPSA) is 99.0 Å².